The van der Waals surface area contributed by atoms with E-state index in [0.29, 0.717) is 11.7 Å². The maximum absolute atomic E-state index is 12.2. The summed E-state index contributed by atoms with van der Waals surface area (Å²) in [5.74, 6) is 0.841. The minimum Gasteiger partial charge on any atom is -0.338 e. The van der Waals surface area contributed by atoms with Gasteiger partial charge in [0.1, 0.15) is 0 Å². The van der Waals surface area contributed by atoms with Gasteiger partial charge in [-0.3, -0.25) is 15.8 Å². The van der Waals surface area contributed by atoms with Gasteiger partial charge in [-0.05, 0) is 17.2 Å². The zero-order chi connectivity index (χ0) is 18.7. The lowest BCUT2D eigenvalue weighted by atomic mass is 9.92. The molecular formula is C20H23N4O2+. The van der Waals surface area contributed by atoms with Gasteiger partial charge in [0.15, 0.2) is 0 Å². The first-order valence-corrected chi connectivity index (χ1v) is 8.45. The van der Waals surface area contributed by atoms with Crippen molar-refractivity contribution in [3.05, 3.63) is 59.9 Å². The molecule has 0 fully saturated rings. The number of aromatic nitrogens is 2. The Bertz CT molecular complexity index is 891. The Morgan fingerprint density at radius 3 is 2.42 bits per heavy atom. The maximum atomic E-state index is 12.2. The first kappa shape index (κ1) is 17.7. The zero-order valence-corrected chi connectivity index (χ0v) is 15.2. The highest BCUT2D eigenvalue weighted by atomic mass is 16.5. The normalized spacial score (nSPS) is 11.3. The number of carbonyl (C=O) groups is 1. The third kappa shape index (κ3) is 4.27. The van der Waals surface area contributed by atoms with E-state index >= 15 is 0 Å². The molecule has 3 rings (SSSR count). The summed E-state index contributed by atoms with van der Waals surface area (Å²) in [4.78, 5) is 15.2. The molecular weight excluding hydrogens is 328 g/mol. The van der Waals surface area contributed by atoms with Gasteiger partial charge in [0.2, 0.25) is 11.8 Å². The Hall–Kier alpha value is -3.15. The average Bonchev–Trinajstić information content (AvgIpc) is 3.05. The standard InChI is InChI=1S/C20H22N4O2/c1-20(2,3)16-11-19(26-24-16)23-18(25)10-13-4-6-14(7-5-13)15-8-9-17(21)22-12-15/h4-9,11-12H,10H2,1-3H3,(H2,21,22)(H,23,25)/p+1. The number of nitrogen functional groups attached to an aromatic ring is 1. The van der Waals surface area contributed by atoms with Gasteiger partial charge < -0.3 is 4.52 Å². The zero-order valence-electron chi connectivity index (χ0n) is 15.2. The van der Waals surface area contributed by atoms with Crippen LogP contribution in [0, 0.1) is 0 Å². The van der Waals surface area contributed by atoms with Crippen LogP contribution in [0.2, 0.25) is 0 Å². The minimum absolute atomic E-state index is 0.123. The number of carbonyl (C=O) groups excluding carboxylic acids is 1. The molecule has 3 aromatic rings. The van der Waals surface area contributed by atoms with Crippen LogP contribution in [0.25, 0.3) is 11.1 Å². The number of nitrogens with two attached hydrogens (primary N) is 1. The Balaban J connectivity index is 1.62. The number of hydrogen-bond donors (Lipinski definition) is 2. The largest absolute Gasteiger partial charge is 0.338 e. The van der Waals surface area contributed by atoms with E-state index in [9.17, 15) is 4.79 Å². The third-order valence-electron chi connectivity index (χ3n) is 4.03. The van der Waals surface area contributed by atoms with Crippen LogP contribution in [0.5, 0.6) is 0 Å². The van der Waals surface area contributed by atoms with Crippen LogP contribution in [-0.4, -0.2) is 11.1 Å². The van der Waals surface area contributed by atoms with Crippen LogP contribution in [-0.2, 0) is 16.6 Å². The molecule has 0 aliphatic carbocycles. The summed E-state index contributed by atoms with van der Waals surface area (Å²) in [5, 5.41) is 6.75. The molecule has 0 saturated heterocycles. The van der Waals surface area contributed by atoms with Crippen LogP contribution in [0.1, 0.15) is 32.0 Å². The second kappa shape index (κ2) is 7.00. The predicted octanol–water partition coefficient (Wildman–Crippen LogP) is 3.22. The molecule has 0 saturated carbocycles. The fourth-order valence-corrected chi connectivity index (χ4v) is 2.49. The van der Waals surface area contributed by atoms with Crippen molar-refractivity contribution in [3.63, 3.8) is 0 Å². The lowest BCUT2D eigenvalue weighted by Gasteiger charge is -2.12. The van der Waals surface area contributed by atoms with Crippen LogP contribution in [0.4, 0.5) is 11.7 Å². The molecule has 0 bridgehead atoms. The van der Waals surface area contributed by atoms with Crippen molar-refractivity contribution in [2.45, 2.75) is 32.6 Å². The number of H-pyrrole nitrogens is 1. The average molecular weight is 351 g/mol. The van der Waals surface area contributed by atoms with E-state index < -0.39 is 0 Å². The molecule has 0 spiro atoms. The monoisotopic (exact) mass is 351 g/mol. The molecule has 2 heterocycles. The molecule has 4 N–H and O–H groups in total. The van der Waals surface area contributed by atoms with Crippen LogP contribution >= 0.6 is 0 Å². The number of amides is 1. The molecule has 2 aromatic heterocycles. The van der Waals surface area contributed by atoms with Crippen molar-refractivity contribution in [2.75, 3.05) is 11.1 Å². The molecule has 0 unspecified atom stereocenters. The van der Waals surface area contributed by atoms with Crippen LogP contribution in [0.15, 0.2) is 53.2 Å². The van der Waals surface area contributed by atoms with Crippen molar-refractivity contribution in [1.82, 2.24) is 5.16 Å². The molecule has 26 heavy (non-hydrogen) atoms. The summed E-state index contributed by atoms with van der Waals surface area (Å²) in [5.41, 5.74) is 9.34. The van der Waals surface area contributed by atoms with Crippen LogP contribution < -0.4 is 16.0 Å². The van der Waals surface area contributed by atoms with Gasteiger partial charge in [0.25, 0.3) is 5.82 Å². The molecule has 0 aliphatic rings. The number of benzene rings is 1. The Morgan fingerprint density at radius 1 is 1.15 bits per heavy atom. The molecule has 1 aromatic carbocycles. The lowest BCUT2D eigenvalue weighted by Crippen LogP contribution is -2.14. The number of nitrogens with one attached hydrogen (secondary N) is 2. The van der Waals surface area contributed by atoms with Gasteiger partial charge >= 0.3 is 0 Å². The topological polar surface area (TPSA) is 95.3 Å². The van der Waals surface area contributed by atoms with E-state index in [-0.39, 0.29) is 17.7 Å². The van der Waals surface area contributed by atoms with E-state index in [1.165, 1.54) is 0 Å². The van der Waals surface area contributed by atoms with Gasteiger partial charge in [-0.2, -0.15) is 0 Å². The van der Waals surface area contributed by atoms with Gasteiger partial charge in [-0.1, -0.05) is 50.2 Å². The number of pyridine rings is 1. The highest BCUT2D eigenvalue weighted by Gasteiger charge is 2.19. The van der Waals surface area contributed by atoms with E-state index in [0.717, 1.165) is 22.4 Å². The SMILES string of the molecule is CC(C)(C)c1cc(NC(=O)Cc2ccc(-c3ccc(N)[nH+]c3)cc2)on1. The number of aromatic amines is 1. The Labute approximate surface area is 152 Å². The van der Waals surface area contributed by atoms with E-state index in [2.05, 4.69) is 15.5 Å². The number of anilines is 2. The fraction of sp³-hybridized carbons (Fsp3) is 0.250. The summed E-state index contributed by atoms with van der Waals surface area (Å²) in [6, 6.07) is 13.4. The molecule has 134 valence electrons. The summed E-state index contributed by atoms with van der Waals surface area (Å²) in [7, 11) is 0. The number of hydrogen-bond acceptors (Lipinski definition) is 4. The van der Waals surface area contributed by atoms with Crippen molar-refractivity contribution >= 4 is 17.6 Å². The van der Waals surface area contributed by atoms with Crippen molar-refractivity contribution in [3.8, 4) is 11.1 Å². The van der Waals surface area contributed by atoms with Crippen molar-refractivity contribution in [2.24, 2.45) is 0 Å². The third-order valence-corrected chi connectivity index (χ3v) is 4.03. The molecule has 0 radical (unpaired) electrons. The van der Waals surface area contributed by atoms with Gasteiger partial charge in [-0.25, -0.2) is 4.98 Å². The van der Waals surface area contributed by atoms with Gasteiger partial charge in [-0.15, -0.1) is 0 Å². The molecule has 6 heteroatoms. The second-order valence-corrected chi connectivity index (χ2v) is 7.28. The highest BCUT2D eigenvalue weighted by molar-refractivity contribution is 5.91. The first-order chi connectivity index (χ1) is 12.3. The van der Waals surface area contributed by atoms with Gasteiger partial charge in [0.05, 0.1) is 18.3 Å². The highest BCUT2D eigenvalue weighted by Crippen LogP contribution is 2.24. The van der Waals surface area contributed by atoms with E-state index in [4.69, 9.17) is 10.3 Å². The van der Waals surface area contributed by atoms with Gasteiger partial charge in [0, 0.05) is 23.1 Å². The minimum atomic E-state index is -0.143. The number of rotatable bonds is 4. The summed E-state index contributed by atoms with van der Waals surface area (Å²) in [6.45, 7) is 6.12. The molecule has 0 atom stereocenters. The Morgan fingerprint density at radius 2 is 1.85 bits per heavy atom. The first-order valence-electron chi connectivity index (χ1n) is 8.45. The predicted molar refractivity (Wildman–Crippen MR) is 100 cm³/mol. The van der Waals surface area contributed by atoms with E-state index in [1.807, 2.05) is 63.4 Å². The second-order valence-electron chi connectivity index (χ2n) is 7.28. The maximum Gasteiger partial charge on any atom is 0.270 e. The quantitative estimate of drug-likeness (QED) is 0.754. The van der Waals surface area contributed by atoms with Crippen molar-refractivity contribution < 1.29 is 14.3 Å². The van der Waals surface area contributed by atoms with E-state index in [1.54, 1.807) is 6.07 Å². The molecule has 1 amide bonds. The summed E-state index contributed by atoms with van der Waals surface area (Å²) < 4.78 is 5.19. The summed E-state index contributed by atoms with van der Waals surface area (Å²) >= 11 is 0. The summed E-state index contributed by atoms with van der Waals surface area (Å²) in [6.07, 6.45) is 2.12. The smallest absolute Gasteiger partial charge is 0.270 e. The lowest BCUT2D eigenvalue weighted by molar-refractivity contribution is -0.359. The molecule has 0 aliphatic heterocycles. The Kier molecular flexibility index (Phi) is 4.75. The van der Waals surface area contributed by atoms with Crippen molar-refractivity contribution in [1.29, 1.82) is 0 Å². The van der Waals surface area contributed by atoms with Crippen LogP contribution in [0.3, 0.4) is 0 Å². The fourth-order valence-electron chi connectivity index (χ4n) is 2.49. The molecule has 6 nitrogen and oxygen atoms in total. The number of nitrogens with zero attached hydrogens (tertiary/aromatic N) is 1.